The number of fused-ring (bicyclic) bond motifs is 1. The van der Waals surface area contributed by atoms with E-state index >= 15 is 0 Å². The molecule has 1 fully saturated rings. The number of carbonyl (C=O) groups excluding carboxylic acids is 1. The first-order valence-corrected chi connectivity index (χ1v) is 11.2. The number of amides is 2. The number of nitrogens with two attached hydrogens (primary N) is 1. The molecule has 0 saturated carbocycles. The number of piperidine rings is 1. The average molecular weight is 456 g/mol. The maximum absolute atomic E-state index is 11.8. The van der Waals surface area contributed by atoms with Crippen LogP contribution in [0.25, 0.3) is 21.3 Å². The van der Waals surface area contributed by atoms with Gasteiger partial charge < -0.3 is 21.1 Å². The van der Waals surface area contributed by atoms with Gasteiger partial charge in [0.25, 0.3) is 0 Å². The Morgan fingerprint density at radius 1 is 1.22 bits per heavy atom. The minimum atomic E-state index is -0.757. The third kappa shape index (κ3) is 4.28. The Labute approximate surface area is 188 Å². The van der Waals surface area contributed by atoms with Crippen LogP contribution in [-0.2, 0) is 4.79 Å². The number of carboxylic acid groups (broad SMARTS) is 1. The molecule has 1 aliphatic rings. The number of nitrogen functional groups attached to an aromatic ring is 1. The van der Waals surface area contributed by atoms with Crippen LogP contribution >= 0.6 is 11.3 Å². The summed E-state index contributed by atoms with van der Waals surface area (Å²) < 4.78 is 0.799. The number of carbonyl (C=O) groups is 2. The highest BCUT2D eigenvalue weighted by molar-refractivity contribution is 7.23. The number of benzene rings is 1. The van der Waals surface area contributed by atoms with E-state index in [-0.39, 0.29) is 6.03 Å². The Hall–Kier alpha value is -3.47. The van der Waals surface area contributed by atoms with Gasteiger partial charge >= 0.3 is 12.0 Å². The highest BCUT2D eigenvalue weighted by Gasteiger charge is 2.37. The molecule has 4 rings (SSSR count). The molecule has 3 aromatic rings. The number of hydrogen-bond acceptors (Lipinski definition) is 8. The van der Waals surface area contributed by atoms with Gasteiger partial charge in [0.15, 0.2) is 5.13 Å². The third-order valence-electron chi connectivity index (χ3n) is 5.71. The summed E-state index contributed by atoms with van der Waals surface area (Å²) >= 11 is 1.32. The number of thiazole rings is 1. The van der Waals surface area contributed by atoms with Crippen LogP contribution < -0.4 is 21.3 Å². The second-order valence-electron chi connectivity index (χ2n) is 8.04. The summed E-state index contributed by atoms with van der Waals surface area (Å²) in [6.07, 6.45) is 4.57. The normalized spacial score (nSPS) is 15.5. The van der Waals surface area contributed by atoms with E-state index < -0.39 is 11.4 Å². The molecule has 32 heavy (non-hydrogen) atoms. The molecule has 3 heterocycles. The Balaban J connectivity index is 1.52. The average Bonchev–Trinajstić information content (AvgIpc) is 3.17. The van der Waals surface area contributed by atoms with Crippen molar-refractivity contribution in [2.75, 3.05) is 35.6 Å². The predicted octanol–water partition coefficient (Wildman–Crippen LogP) is 3.17. The second kappa shape index (κ2) is 8.58. The van der Waals surface area contributed by atoms with Crippen LogP contribution in [-0.4, -0.2) is 51.7 Å². The highest BCUT2D eigenvalue weighted by Crippen LogP contribution is 2.35. The number of aromatic nitrogens is 3. The number of hydrogen-bond donors (Lipinski definition) is 4. The minimum Gasteiger partial charge on any atom is -0.481 e. The summed E-state index contributed by atoms with van der Waals surface area (Å²) in [6, 6.07) is 3.42. The maximum Gasteiger partial charge on any atom is 0.321 e. The molecule has 0 aliphatic carbocycles. The lowest BCUT2D eigenvalue weighted by Crippen LogP contribution is -2.43. The van der Waals surface area contributed by atoms with Crippen molar-refractivity contribution in [1.29, 1.82) is 0 Å². The molecule has 11 heteroatoms. The highest BCUT2D eigenvalue weighted by atomic mass is 32.1. The van der Waals surface area contributed by atoms with Crippen molar-refractivity contribution in [1.82, 2.24) is 20.3 Å². The standard InChI is InChI=1S/C21H25N7O3S/c1-3-23-19(31)27-20-26-15-9-12(8-14(22)16(15)32-20)13-10-24-18(25-11-13)28-6-4-21(2,5-7-28)17(29)30/h8-11H,3-7,22H2,1-2H3,(H,29,30)(H2,23,26,27,31). The first-order chi connectivity index (χ1) is 15.3. The summed E-state index contributed by atoms with van der Waals surface area (Å²) in [4.78, 5) is 38.6. The maximum atomic E-state index is 11.8. The molecule has 0 radical (unpaired) electrons. The lowest BCUT2D eigenvalue weighted by atomic mass is 9.80. The van der Waals surface area contributed by atoms with Crippen molar-refractivity contribution in [3.63, 3.8) is 0 Å². The smallest absolute Gasteiger partial charge is 0.321 e. The molecule has 2 amide bonds. The number of nitrogens with one attached hydrogen (secondary N) is 2. The third-order valence-corrected chi connectivity index (χ3v) is 6.75. The van der Waals surface area contributed by atoms with Crippen LogP contribution in [0.2, 0.25) is 0 Å². The SMILES string of the molecule is CCNC(=O)Nc1nc2cc(-c3cnc(N4CCC(C)(C(=O)O)CC4)nc3)cc(N)c2s1. The molecule has 168 valence electrons. The predicted molar refractivity (Wildman–Crippen MR) is 125 cm³/mol. The fourth-order valence-corrected chi connectivity index (χ4v) is 4.50. The van der Waals surface area contributed by atoms with E-state index in [1.807, 2.05) is 24.0 Å². The topological polar surface area (TPSA) is 146 Å². The van der Waals surface area contributed by atoms with Gasteiger partial charge in [0.05, 0.1) is 21.3 Å². The van der Waals surface area contributed by atoms with Gasteiger partial charge in [0, 0.05) is 37.6 Å². The molecule has 5 N–H and O–H groups in total. The summed E-state index contributed by atoms with van der Waals surface area (Å²) in [6.45, 7) is 5.35. The van der Waals surface area contributed by atoms with Crippen LogP contribution in [0.15, 0.2) is 24.5 Å². The molecular formula is C21H25N7O3S. The molecule has 0 unspecified atom stereocenters. The van der Waals surface area contributed by atoms with Crippen LogP contribution in [0.5, 0.6) is 0 Å². The molecule has 0 spiro atoms. The first-order valence-electron chi connectivity index (χ1n) is 10.3. The quantitative estimate of drug-likeness (QED) is 0.429. The van der Waals surface area contributed by atoms with Gasteiger partial charge in [0.1, 0.15) is 0 Å². The summed E-state index contributed by atoms with van der Waals surface area (Å²) in [5.41, 5.74) is 8.41. The Morgan fingerprint density at radius 2 is 1.91 bits per heavy atom. The second-order valence-corrected chi connectivity index (χ2v) is 9.04. The summed E-state index contributed by atoms with van der Waals surface area (Å²) in [7, 11) is 0. The van der Waals surface area contributed by atoms with Crippen molar-refractivity contribution < 1.29 is 14.7 Å². The van der Waals surface area contributed by atoms with Gasteiger partial charge in [-0.3, -0.25) is 10.1 Å². The van der Waals surface area contributed by atoms with Crippen LogP contribution in [0.4, 0.5) is 21.6 Å². The van der Waals surface area contributed by atoms with Crippen LogP contribution in [0.1, 0.15) is 26.7 Å². The van der Waals surface area contributed by atoms with E-state index in [2.05, 4.69) is 25.6 Å². The number of anilines is 3. The van der Waals surface area contributed by atoms with Crippen molar-refractivity contribution in [3.05, 3.63) is 24.5 Å². The summed E-state index contributed by atoms with van der Waals surface area (Å²) in [5.74, 6) is -0.176. The van der Waals surface area contributed by atoms with Crippen molar-refractivity contribution in [2.24, 2.45) is 5.41 Å². The number of aliphatic carboxylic acids is 1. The van der Waals surface area contributed by atoms with Gasteiger partial charge in [-0.1, -0.05) is 11.3 Å². The van der Waals surface area contributed by atoms with Crippen molar-refractivity contribution >= 4 is 50.3 Å². The number of urea groups is 1. The zero-order valence-corrected chi connectivity index (χ0v) is 18.7. The minimum absolute atomic E-state index is 0.310. The lowest BCUT2D eigenvalue weighted by molar-refractivity contribution is -0.149. The monoisotopic (exact) mass is 455 g/mol. The van der Waals surface area contributed by atoms with Gasteiger partial charge in [-0.2, -0.15) is 0 Å². The lowest BCUT2D eigenvalue weighted by Gasteiger charge is -2.36. The molecular weight excluding hydrogens is 430 g/mol. The first kappa shape index (κ1) is 21.8. The van der Waals surface area contributed by atoms with E-state index in [0.29, 0.717) is 54.8 Å². The zero-order chi connectivity index (χ0) is 22.9. The van der Waals surface area contributed by atoms with Gasteiger partial charge in [0.2, 0.25) is 5.95 Å². The van der Waals surface area contributed by atoms with E-state index in [0.717, 1.165) is 15.8 Å². The van der Waals surface area contributed by atoms with Gasteiger partial charge in [-0.05, 0) is 44.4 Å². The number of carboxylic acids is 1. The largest absolute Gasteiger partial charge is 0.481 e. The van der Waals surface area contributed by atoms with Gasteiger partial charge in [-0.15, -0.1) is 0 Å². The van der Waals surface area contributed by atoms with Crippen molar-refractivity contribution in [3.8, 4) is 11.1 Å². The molecule has 0 atom stereocenters. The van der Waals surface area contributed by atoms with E-state index in [4.69, 9.17) is 5.73 Å². The molecule has 10 nitrogen and oxygen atoms in total. The van der Waals surface area contributed by atoms with Crippen LogP contribution in [0, 0.1) is 5.41 Å². The Kier molecular flexibility index (Phi) is 5.83. The van der Waals surface area contributed by atoms with E-state index in [9.17, 15) is 14.7 Å². The Bertz CT molecular complexity index is 1150. The van der Waals surface area contributed by atoms with Crippen molar-refractivity contribution in [2.45, 2.75) is 26.7 Å². The number of rotatable bonds is 5. The molecule has 1 saturated heterocycles. The molecule has 1 aliphatic heterocycles. The number of nitrogens with zero attached hydrogens (tertiary/aromatic N) is 4. The molecule has 1 aromatic carbocycles. The molecule has 2 aromatic heterocycles. The zero-order valence-electron chi connectivity index (χ0n) is 17.9. The Morgan fingerprint density at radius 3 is 2.53 bits per heavy atom. The van der Waals surface area contributed by atoms with Crippen LogP contribution in [0.3, 0.4) is 0 Å². The fraction of sp³-hybridized carbons (Fsp3) is 0.381. The molecule has 0 bridgehead atoms. The fourth-order valence-electron chi connectivity index (χ4n) is 3.63. The summed E-state index contributed by atoms with van der Waals surface area (Å²) in [5, 5.41) is 15.2. The van der Waals surface area contributed by atoms with Gasteiger partial charge in [-0.25, -0.2) is 19.7 Å². The van der Waals surface area contributed by atoms with E-state index in [1.54, 1.807) is 19.3 Å². The van der Waals surface area contributed by atoms with E-state index in [1.165, 1.54) is 11.3 Å².